The summed E-state index contributed by atoms with van der Waals surface area (Å²) in [6, 6.07) is 20.5. The van der Waals surface area contributed by atoms with Crippen LogP contribution < -0.4 is 25.1 Å². The second kappa shape index (κ2) is 9.49. The molecule has 1 fully saturated rings. The van der Waals surface area contributed by atoms with E-state index in [1.165, 1.54) is 0 Å². The van der Waals surface area contributed by atoms with Crippen LogP contribution in [0.1, 0.15) is 11.9 Å². The number of likely N-dealkylation sites (N-methyl/N-ethyl adjacent to an activating group) is 1. The number of piperazine rings is 1. The Morgan fingerprint density at radius 2 is 1.70 bits per heavy atom. The molecule has 37 heavy (non-hydrogen) atoms. The normalized spacial score (nSPS) is 18.4. The van der Waals surface area contributed by atoms with Gasteiger partial charge in [0.1, 0.15) is 11.5 Å². The Morgan fingerprint density at radius 1 is 0.919 bits per heavy atom. The number of hydrazine groups is 1. The quantitative estimate of drug-likeness (QED) is 0.402. The third-order valence-corrected chi connectivity index (χ3v) is 7.39. The maximum absolute atomic E-state index is 6.24. The molecule has 0 bridgehead atoms. The molecule has 6 rings (SSSR count). The van der Waals surface area contributed by atoms with Crippen LogP contribution in [0.4, 0.5) is 17.1 Å². The Labute approximate surface area is 217 Å². The summed E-state index contributed by atoms with van der Waals surface area (Å²) in [7, 11) is 5.58. The van der Waals surface area contributed by atoms with Crippen molar-refractivity contribution in [2.45, 2.75) is 12.8 Å². The molecule has 1 aromatic heterocycles. The van der Waals surface area contributed by atoms with Gasteiger partial charge in [-0.25, -0.2) is 9.69 Å². The molecular weight excluding hydrogens is 466 g/mol. The SMILES string of the molecule is COc1ccc(OC)c(CN2c3ccccc3N(N3CCN(C)CC3)C2n2ncc3ccc(N)cc32)c1. The van der Waals surface area contributed by atoms with Crippen LogP contribution in [0.25, 0.3) is 10.9 Å². The Bertz CT molecular complexity index is 1410. The van der Waals surface area contributed by atoms with Gasteiger partial charge in [0.15, 0.2) is 0 Å². The van der Waals surface area contributed by atoms with E-state index < -0.39 is 0 Å². The van der Waals surface area contributed by atoms with E-state index in [1.807, 2.05) is 36.5 Å². The number of aromatic nitrogens is 2. The monoisotopic (exact) mass is 499 g/mol. The van der Waals surface area contributed by atoms with Gasteiger partial charge in [-0.15, -0.1) is 0 Å². The van der Waals surface area contributed by atoms with Gasteiger partial charge in [0.25, 0.3) is 0 Å². The molecule has 2 aliphatic rings. The second-order valence-electron chi connectivity index (χ2n) is 9.65. The van der Waals surface area contributed by atoms with Crippen LogP contribution in [-0.2, 0) is 6.54 Å². The molecule has 2 N–H and O–H groups in total. The van der Waals surface area contributed by atoms with Crippen molar-refractivity contribution < 1.29 is 9.47 Å². The summed E-state index contributed by atoms with van der Waals surface area (Å²) < 4.78 is 13.4. The fourth-order valence-electron chi connectivity index (χ4n) is 5.42. The highest BCUT2D eigenvalue weighted by Gasteiger charge is 2.42. The molecular formula is C28H33N7O2. The molecule has 3 heterocycles. The van der Waals surface area contributed by atoms with Gasteiger partial charge in [0, 0.05) is 42.8 Å². The van der Waals surface area contributed by atoms with Crippen LogP contribution in [0.3, 0.4) is 0 Å². The molecule has 1 saturated heterocycles. The smallest absolute Gasteiger partial charge is 0.215 e. The first-order valence-electron chi connectivity index (χ1n) is 12.6. The largest absolute Gasteiger partial charge is 0.497 e. The molecule has 2 aliphatic heterocycles. The molecule has 4 aromatic rings. The summed E-state index contributed by atoms with van der Waals surface area (Å²) in [6.45, 7) is 4.47. The lowest BCUT2D eigenvalue weighted by Crippen LogP contribution is -2.56. The number of hydrogen-bond donors (Lipinski definition) is 1. The van der Waals surface area contributed by atoms with Crippen molar-refractivity contribution in [2.75, 3.05) is 63.1 Å². The molecule has 0 amide bonds. The van der Waals surface area contributed by atoms with E-state index in [9.17, 15) is 0 Å². The van der Waals surface area contributed by atoms with Crippen molar-refractivity contribution in [1.82, 2.24) is 19.7 Å². The summed E-state index contributed by atoms with van der Waals surface area (Å²) in [5, 5.41) is 10.8. The minimum absolute atomic E-state index is 0.226. The highest BCUT2D eigenvalue weighted by molar-refractivity contribution is 5.83. The van der Waals surface area contributed by atoms with Gasteiger partial charge in [-0.05, 0) is 55.6 Å². The standard InChI is InChI=1S/C28H33N7O2/c1-31-12-14-32(15-13-31)35-25-7-5-4-6-24(25)33(19-21-16-23(36-2)10-11-27(21)37-3)28(35)34-26-17-22(29)9-8-20(26)18-30-34/h4-11,16-18,28H,12-15,19,29H2,1-3H3. The number of anilines is 3. The average molecular weight is 500 g/mol. The summed E-state index contributed by atoms with van der Waals surface area (Å²) in [6.07, 6.45) is 1.69. The molecule has 0 saturated carbocycles. The van der Waals surface area contributed by atoms with E-state index in [2.05, 4.69) is 61.9 Å². The first-order chi connectivity index (χ1) is 18.1. The molecule has 192 valence electrons. The van der Waals surface area contributed by atoms with Gasteiger partial charge in [-0.2, -0.15) is 5.10 Å². The van der Waals surface area contributed by atoms with E-state index in [0.29, 0.717) is 6.54 Å². The van der Waals surface area contributed by atoms with Crippen LogP contribution >= 0.6 is 0 Å². The van der Waals surface area contributed by atoms with Gasteiger partial charge in [0.05, 0.1) is 43.9 Å². The molecule has 9 heteroatoms. The predicted octanol–water partition coefficient (Wildman–Crippen LogP) is 3.78. The molecule has 0 spiro atoms. The van der Waals surface area contributed by atoms with E-state index >= 15 is 0 Å². The number of benzene rings is 3. The van der Waals surface area contributed by atoms with Crippen molar-refractivity contribution in [1.29, 1.82) is 0 Å². The fraction of sp³-hybridized carbons (Fsp3) is 0.321. The number of methoxy groups -OCH3 is 2. The topological polar surface area (TPSA) is 75.3 Å². The highest BCUT2D eigenvalue weighted by Crippen LogP contribution is 2.47. The van der Waals surface area contributed by atoms with Gasteiger partial charge < -0.3 is 25.0 Å². The first-order valence-corrected chi connectivity index (χ1v) is 12.6. The molecule has 3 aromatic carbocycles. The van der Waals surface area contributed by atoms with Crippen molar-refractivity contribution in [3.05, 3.63) is 72.4 Å². The first kappa shape index (κ1) is 23.4. The number of ether oxygens (including phenoxy) is 2. The molecule has 9 nitrogen and oxygen atoms in total. The summed E-state index contributed by atoms with van der Waals surface area (Å²) >= 11 is 0. The van der Waals surface area contributed by atoms with Crippen LogP contribution in [0, 0.1) is 0 Å². The Morgan fingerprint density at radius 3 is 2.46 bits per heavy atom. The van der Waals surface area contributed by atoms with E-state index in [0.717, 1.165) is 71.2 Å². The predicted molar refractivity (Wildman–Crippen MR) is 147 cm³/mol. The van der Waals surface area contributed by atoms with Crippen LogP contribution in [0.5, 0.6) is 11.5 Å². The van der Waals surface area contributed by atoms with Crippen molar-refractivity contribution in [3.8, 4) is 11.5 Å². The number of hydrogen-bond acceptors (Lipinski definition) is 8. The maximum Gasteiger partial charge on any atom is 0.215 e. The maximum atomic E-state index is 6.24. The summed E-state index contributed by atoms with van der Waals surface area (Å²) in [5.74, 6) is 1.62. The van der Waals surface area contributed by atoms with Crippen LogP contribution in [0.2, 0.25) is 0 Å². The third kappa shape index (κ3) is 4.10. The Balaban J connectivity index is 1.52. The lowest BCUT2D eigenvalue weighted by atomic mass is 10.1. The summed E-state index contributed by atoms with van der Waals surface area (Å²) in [5.41, 5.74) is 11.3. The zero-order valence-corrected chi connectivity index (χ0v) is 21.5. The fourth-order valence-corrected chi connectivity index (χ4v) is 5.42. The van der Waals surface area contributed by atoms with Crippen molar-refractivity contribution in [2.24, 2.45) is 0 Å². The van der Waals surface area contributed by atoms with Gasteiger partial charge in [-0.1, -0.05) is 12.1 Å². The zero-order valence-electron chi connectivity index (χ0n) is 21.5. The van der Waals surface area contributed by atoms with E-state index in [1.54, 1.807) is 14.2 Å². The Kier molecular flexibility index (Phi) is 6.02. The van der Waals surface area contributed by atoms with Crippen molar-refractivity contribution >= 4 is 28.0 Å². The van der Waals surface area contributed by atoms with Crippen molar-refractivity contribution in [3.63, 3.8) is 0 Å². The zero-order chi connectivity index (χ0) is 25.5. The minimum atomic E-state index is -0.226. The highest BCUT2D eigenvalue weighted by atomic mass is 16.5. The number of fused-ring (bicyclic) bond motifs is 2. The number of nitrogens with zero attached hydrogens (tertiary/aromatic N) is 6. The average Bonchev–Trinajstić information content (AvgIpc) is 3.47. The molecule has 1 atom stereocenters. The van der Waals surface area contributed by atoms with Crippen LogP contribution in [-0.4, -0.2) is 67.1 Å². The lowest BCUT2D eigenvalue weighted by molar-refractivity contribution is 0.118. The molecule has 0 radical (unpaired) electrons. The summed E-state index contributed by atoms with van der Waals surface area (Å²) in [4.78, 5) is 4.76. The van der Waals surface area contributed by atoms with E-state index in [4.69, 9.17) is 20.3 Å². The number of para-hydroxylation sites is 2. The third-order valence-electron chi connectivity index (χ3n) is 7.39. The molecule has 1 unspecified atom stereocenters. The number of nitrogens with two attached hydrogens (primary N) is 1. The van der Waals surface area contributed by atoms with Crippen LogP contribution in [0.15, 0.2) is 66.9 Å². The number of rotatable bonds is 6. The van der Waals surface area contributed by atoms with Gasteiger partial charge >= 0.3 is 0 Å². The van der Waals surface area contributed by atoms with E-state index in [-0.39, 0.29) is 6.29 Å². The Hall–Kier alpha value is -3.95. The number of nitrogen functional groups attached to an aromatic ring is 1. The minimum Gasteiger partial charge on any atom is -0.497 e. The second-order valence-corrected chi connectivity index (χ2v) is 9.65. The van der Waals surface area contributed by atoms with Gasteiger partial charge in [-0.3, -0.25) is 5.01 Å². The van der Waals surface area contributed by atoms with Gasteiger partial charge in [0.2, 0.25) is 6.29 Å². The molecule has 0 aliphatic carbocycles. The lowest BCUT2D eigenvalue weighted by Gasteiger charge is -2.43.